The molecule has 17 heavy (non-hydrogen) atoms. The van der Waals surface area contributed by atoms with Crippen molar-refractivity contribution < 1.29 is 4.74 Å². The molecule has 0 aliphatic carbocycles. The fourth-order valence-corrected chi connectivity index (χ4v) is 1.95. The number of nitriles is 1. The van der Waals surface area contributed by atoms with Crippen LogP contribution in [0.1, 0.15) is 18.5 Å². The summed E-state index contributed by atoms with van der Waals surface area (Å²) in [5, 5.41) is 8.85. The lowest BCUT2D eigenvalue weighted by Crippen LogP contribution is -2.41. The molecule has 0 saturated carbocycles. The third kappa shape index (κ3) is 2.76. The van der Waals surface area contributed by atoms with E-state index < -0.39 is 0 Å². The summed E-state index contributed by atoms with van der Waals surface area (Å²) in [7, 11) is 0. The van der Waals surface area contributed by atoms with Crippen LogP contribution in [-0.2, 0) is 4.74 Å². The highest BCUT2D eigenvalue weighted by molar-refractivity contribution is 5.48. The number of hydrogen-bond acceptors (Lipinski definition) is 4. The molecule has 2 N–H and O–H groups in total. The molecule has 2 atom stereocenters. The van der Waals surface area contributed by atoms with Gasteiger partial charge in [0.2, 0.25) is 0 Å². The first kappa shape index (κ1) is 11.9. The van der Waals surface area contributed by atoms with Gasteiger partial charge in [-0.2, -0.15) is 5.26 Å². The molecular weight excluding hydrogens is 214 g/mol. The van der Waals surface area contributed by atoms with E-state index in [2.05, 4.69) is 23.1 Å². The van der Waals surface area contributed by atoms with Gasteiger partial charge in [0.25, 0.3) is 0 Å². The molecule has 2 rings (SSSR count). The zero-order chi connectivity index (χ0) is 12.3. The summed E-state index contributed by atoms with van der Waals surface area (Å²) >= 11 is 0. The summed E-state index contributed by atoms with van der Waals surface area (Å²) in [5.74, 6) is 0. The smallest absolute Gasteiger partial charge is 0.161 e. The minimum atomic E-state index is -0.322. The van der Waals surface area contributed by atoms with Crippen LogP contribution in [0, 0.1) is 11.3 Å². The predicted molar refractivity (Wildman–Crippen MR) is 66.6 cm³/mol. The second-order valence-corrected chi connectivity index (χ2v) is 4.31. The van der Waals surface area contributed by atoms with Crippen molar-refractivity contribution in [3.63, 3.8) is 0 Å². The number of hydrogen-bond donors (Lipinski definition) is 1. The van der Waals surface area contributed by atoms with E-state index in [0.717, 1.165) is 17.8 Å². The Labute approximate surface area is 102 Å². The molecule has 0 aromatic heterocycles. The molecule has 1 aromatic rings. The Hall–Kier alpha value is -1.57. The second kappa shape index (κ2) is 5.17. The first-order chi connectivity index (χ1) is 8.20. The molecule has 0 amide bonds. The minimum absolute atomic E-state index is 0.0561. The molecule has 1 heterocycles. The van der Waals surface area contributed by atoms with Crippen molar-refractivity contribution in [1.82, 2.24) is 0 Å². The molecule has 1 aliphatic heterocycles. The van der Waals surface area contributed by atoms with E-state index >= 15 is 0 Å². The number of nitrogens with zero attached hydrogens (tertiary/aromatic N) is 2. The quantitative estimate of drug-likeness (QED) is 0.836. The van der Waals surface area contributed by atoms with Gasteiger partial charge >= 0.3 is 0 Å². The lowest BCUT2D eigenvalue weighted by atomic mass is 10.1. The average Bonchev–Trinajstić information content (AvgIpc) is 2.39. The maximum absolute atomic E-state index is 8.85. The molecule has 90 valence electrons. The number of nitrogens with two attached hydrogens (primary N) is 1. The first-order valence-corrected chi connectivity index (χ1v) is 5.82. The van der Waals surface area contributed by atoms with Gasteiger partial charge < -0.3 is 15.4 Å². The molecule has 0 radical (unpaired) electrons. The summed E-state index contributed by atoms with van der Waals surface area (Å²) in [5.41, 5.74) is 8.06. The van der Waals surface area contributed by atoms with E-state index in [1.54, 1.807) is 0 Å². The summed E-state index contributed by atoms with van der Waals surface area (Å²) < 4.78 is 5.32. The minimum Gasteiger partial charge on any atom is -0.366 e. The maximum atomic E-state index is 8.85. The van der Waals surface area contributed by atoms with Crippen molar-refractivity contribution in [2.45, 2.75) is 19.1 Å². The van der Waals surface area contributed by atoms with Crippen LogP contribution in [0.25, 0.3) is 0 Å². The van der Waals surface area contributed by atoms with Crippen molar-refractivity contribution in [2.75, 3.05) is 24.6 Å². The highest BCUT2D eigenvalue weighted by Gasteiger charge is 2.19. The maximum Gasteiger partial charge on any atom is 0.161 e. The van der Waals surface area contributed by atoms with E-state index in [-0.39, 0.29) is 12.1 Å². The molecule has 1 aliphatic rings. The number of rotatable bonds is 2. The van der Waals surface area contributed by atoms with Gasteiger partial charge in [-0.25, -0.2) is 0 Å². The van der Waals surface area contributed by atoms with E-state index in [1.807, 2.05) is 19.1 Å². The SMILES string of the molecule is C[C@@H](N)c1ccc(N2CCOC(C#N)C2)cc1. The normalized spacial score (nSPS) is 21.9. The Bertz CT molecular complexity index is 408. The van der Waals surface area contributed by atoms with Crippen molar-refractivity contribution in [3.05, 3.63) is 29.8 Å². The van der Waals surface area contributed by atoms with E-state index in [1.165, 1.54) is 0 Å². The number of morpholine rings is 1. The third-order valence-electron chi connectivity index (χ3n) is 2.99. The molecular formula is C13H17N3O. The van der Waals surface area contributed by atoms with Crippen LogP contribution in [0.3, 0.4) is 0 Å². The number of ether oxygens (including phenoxy) is 1. The van der Waals surface area contributed by atoms with Crippen LogP contribution < -0.4 is 10.6 Å². The standard InChI is InChI=1S/C13H17N3O/c1-10(15)11-2-4-12(5-3-11)16-6-7-17-13(8-14)9-16/h2-5,10,13H,6-7,9,15H2,1H3/t10-,13?/m1/s1. The van der Waals surface area contributed by atoms with Gasteiger partial charge in [-0.05, 0) is 24.6 Å². The molecule has 0 spiro atoms. The van der Waals surface area contributed by atoms with Gasteiger partial charge in [0.1, 0.15) is 0 Å². The van der Waals surface area contributed by atoms with Gasteiger partial charge in [-0.3, -0.25) is 0 Å². The predicted octanol–water partition coefficient (Wildman–Crippen LogP) is 1.44. The van der Waals surface area contributed by atoms with Gasteiger partial charge in [0.05, 0.1) is 19.2 Å². The topological polar surface area (TPSA) is 62.3 Å². The molecule has 1 aromatic carbocycles. The Morgan fingerprint density at radius 3 is 2.76 bits per heavy atom. The fourth-order valence-electron chi connectivity index (χ4n) is 1.95. The molecule has 1 unspecified atom stereocenters. The highest BCUT2D eigenvalue weighted by atomic mass is 16.5. The van der Waals surface area contributed by atoms with Crippen LogP contribution in [0.5, 0.6) is 0 Å². The summed E-state index contributed by atoms with van der Waals surface area (Å²) in [4.78, 5) is 2.17. The van der Waals surface area contributed by atoms with Crippen LogP contribution in [0.2, 0.25) is 0 Å². The van der Waals surface area contributed by atoms with E-state index in [9.17, 15) is 0 Å². The van der Waals surface area contributed by atoms with Gasteiger partial charge in [0.15, 0.2) is 6.10 Å². The fraction of sp³-hybridized carbons (Fsp3) is 0.462. The summed E-state index contributed by atoms with van der Waals surface area (Å²) in [6.07, 6.45) is -0.322. The van der Waals surface area contributed by atoms with Crippen LogP contribution >= 0.6 is 0 Å². The van der Waals surface area contributed by atoms with Gasteiger partial charge in [-0.1, -0.05) is 12.1 Å². The molecule has 0 bridgehead atoms. The summed E-state index contributed by atoms with van der Waals surface area (Å²) in [6, 6.07) is 10.4. The second-order valence-electron chi connectivity index (χ2n) is 4.31. The van der Waals surface area contributed by atoms with Crippen molar-refractivity contribution >= 4 is 5.69 Å². The third-order valence-corrected chi connectivity index (χ3v) is 2.99. The first-order valence-electron chi connectivity index (χ1n) is 5.82. The Morgan fingerprint density at radius 2 is 2.18 bits per heavy atom. The highest BCUT2D eigenvalue weighted by Crippen LogP contribution is 2.20. The van der Waals surface area contributed by atoms with Crippen LogP contribution in [0.4, 0.5) is 5.69 Å². The molecule has 4 heteroatoms. The lowest BCUT2D eigenvalue weighted by molar-refractivity contribution is 0.0764. The summed E-state index contributed by atoms with van der Waals surface area (Å²) in [6.45, 7) is 4.03. The molecule has 1 fully saturated rings. The monoisotopic (exact) mass is 231 g/mol. The lowest BCUT2D eigenvalue weighted by Gasteiger charge is -2.31. The molecule has 4 nitrogen and oxygen atoms in total. The van der Waals surface area contributed by atoms with Crippen molar-refractivity contribution in [1.29, 1.82) is 5.26 Å². The van der Waals surface area contributed by atoms with Gasteiger partial charge in [-0.15, -0.1) is 0 Å². The molecule has 1 saturated heterocycles. The Kier molecular flexibility index (Phi) is 3.62. The Morgan fingerprint density at radius 1 is 1.47 bits per heavy atom. The van der Waals surface area contributed by atoms with Crippen LogP contribution in [0.15, 0.2) is 24.3 Å². The van der Waals surface area contributed by atoms with E-state index in [4.69, 9.17) is 15.7 Å². The largest absolute Gasteiger partial charge is 0.366 e. The van der Waals surface area contributed by atoms with Crippen molar-refractivity contribution in [2.24, 2.45) is 5.73 Å². The van der Waals surface area contributed by atoms with E-state index in [0.29, 0.717) is 13.2 Å². The zero-order valence-electron chi connectivity index (χ0n) is 9.97. The zero-order valence-corrected chi connectivity index (χ0v) is 9.97. The van der Waals surface area contributed by atoms with Crippen molar-refractivity contribution in [3.8, 4) is 6.07 Å². The number of anilines is 1. The van der Waals surface area contributed by atoms with Gasteiger partial charge in [0, 0.05) is 18.3 Å². The average molecular weight is 231 g/mol. The van der Waals surface area contributed by atoms with Crippen LogP contribution in [-0.4, -0.2) is 25.8 Å². The Balaban J connectivity index is 2.09. The number of benzene rings is 1.